The van der Waals surface area contributed by atoms with Crippen LogP contribution in [0.5, 0.6) is 5.75 Å². The fourth-order valence-corrected chi connectivity index (χ4v) is 2.88. The van der Waals surface area contributed by atoms with Crippen LogP contribution in [-0.4, -0.2) is 52.6 Å². The van der Waals surface area contributed by atoms with E-state index in [-0.39, 0.29) is 30.7 Å². The van der Waals surface area contributed by atoms with Crippen molar-refractivity contribution in [2.75, 3.05) is 25.7 Å². The van der Waals surface area contributed by atoms with Crippen LogP contribution in [0.3, 0.4) is 0 Å². The lowest BCUT2D eigenvalue weighted by atomic mass is 10.1. The molecular formula is C18H23N3O4S. The van der Waals surface area contributed by atoms with Crippen LogP contribution < -0.4 is 15.6 Å². The third-order valence-electron chi connectivity index (χ3n) is 3.80. The lowest BCUT2D eigenvalue weighted by molar-refractivity contribution is -0.122. The molecule has 8 heteroatoms. The van der Waals surface area contributed by atoms with Gasteiger partial charge < -0.3 is 15.2 Å². The smallest absolute Gasteiger partial charge is 0.267 e. The number of rotatable bonds is 9. The van der Waals surface area contributed by atoms with Crippen LogP contribution in [0.4, 0.5) is 0 Å². The van der Waals surface area contributed by atoms with Crippen LogP contribution in [0.1, 0.15) is 6.42 Å². The number of ether oxygens (including phenoxy) is 1. The minimum absolute atomic E-state index is 0.138. The quantitative estimate of drug-likeness (QED) is 0.681. The minimum Gasteiger partial charge on any atom is -0.497 e. The predicted octanol–water partition coefficient (Wildman–Crippen LogP) is 1.15. The molecule has 0 aliphatic carbocycles. The van der Waals surface area contributed by atoms with Crippen LogP contribution in [-0.2, 0) is 11.3 Å². The van der Waals surface area contributed by atoms with Gasteiger partial charge in [-0.2, -0.15) is 16.9 Å². The molecule has 0 aliphatic rings. The number of benzene rings is 1. The van der Waals surface area contributed by atoms with Gasteiger partial charge in [-0.05, 0) is 48.8 Å². The van der Waals surface area contributed by atoms with Crippen molar-refractivity contribution in [3.63, 3.8) is 0 Å². The highest BCUT2D eigenvalue weighted by atomic mass is 32.2. The molecule has 2 N–H and O–H groups in total. The largest absolute Gasteiger partial charge is 0.497 e. The number of nitrogens with zero attached hydrogens (tertiary/aromatic N) is 2. The molecular weight excluding hydrogens is 354 g/mol. The monoisotopic (exact) mass is 377 g/mol. The summed E-state index contributed by atoms with van der Waals surface area (Å²) in [6.45, 7) is -0.334. The van der Waals surface area contributed by atoms with Gasteiger partial charge in [-0.25, -0.2) is 4.68 Å². The Hall–Kier alpha value is -2.32. The second-order valence-corrected chi connectivity index (χ2v) is 6.66. The highest BCUT2D eigenvalue weighted by molar-refractivity contribution is 7.98. The highest BCUT2D eigenvalue weighted by Crippen LogP contribution is 2.19. The van der Waals surface area contributed by atoms with Gasteiger partial charge in [0.2, 0.25) is 5.91 Å². The maximum absolute atomic E-state index is 12.2. The number of carbonyl (C=O) groups excluding carboxylic acids is 1. The van der Waals surface area contributed by atoms with E-state index in [2.05, 4.69) is 10.4 Å². The van der Waals surface area contributed by atoms with E-state index < -0.39 is 0 Å². The first-order chi connectivity index (χ1) is 12.6. The second-order valence-electron chi connectivity index (χ2n) is 5.67. The number of amides is 1. The summed E-state index contributed by atoms with van der Waals surface area (Å²) in [5.41, 5.74) is 1.04. The van der Waals surface area contributed by atoms with Gasteiger partial charge in [0.05, 0.1) is 25.5 Å². The summed E-state index contributed by atoms with van der Waals surface area (Å²) < 4.78 is 6.25. The van der Waals surface area contributed by atoms with Crippen molar-refractivity contribution in [1.29, 1.82) is 0 Å². The average molecular weight is 377 g/mol. The maximum atomic E-state index is 12.2. The van der Waals surface area contributed by atoms with Gasteiger partial charge in [0.15, 0.2) is 0 Å². The first-order valence-corrected chi connectivity index (χ1v) is 9.58. The Balaban J connectivity index is 2.11. The van der Waals surface area contributed by atoms with Gasteiger partial charge in [-0.1, -0.05) is 0 Å². The van der Waals surface area contributed by atoms with E-state index in [1.165, 1.54) is 6.07 Å². The normalized spacial score (nSPS) is 11.8. The number of carbonyl (C=O) groups is 1. The first-order valence-electron chi connectivity index (χ1n) is 8.19. The van der Waals surface area contributed by atoms with Crippen molar-refractivity contribution >= 4 is 17.7 Å². The molecule has 0 bridgehead atoms. The molecule has 26 heavy (non-hydrogen) atoms. The summed E-state index contributed by atoms with van der Waals surface area (Å²) in [6, 6.07) is 9.95. The molecule has 7 nitrogen and oxygen atoms in total. The SMILES string of the molecule is COc1ccc(-c2ccc(=O)n(CC(=O)N[C@@H](CO)CCSC)n2)cc1. The Morgan fingerprint density at radius 3 is 2.65 bits per heavy atom. The van der Waals surface area contributed by atoms with E-state index >= 15 is 0 Å². The molecule has 1 aromatic heterocycles. The van der Waals surface area contributed by atoms with Crippen LogP contribution in [0.15, 0.2) is 41.2 Å². The Labute approximate surface area is 156 Å². The maximum Gasteiger partial charge on any atom is 0.267 e. The molecule has 1 atom stereocenters. The number of methoxy groups -OCH3 is 1. The zero-order valence-corrected chi connectivity index (χ0v) is 15.7. The summed E-state index contributed by atoms with van der Waals surface area (Å²) in [5.74, 6) is 1.20. The lowest BCUT2D eigenvalue weighted by Crippen LogP contribution is -2.41. The minimum atomic E-state index is -0.359. The summed E-state index contributed by atoms with van der Waals surface area (Å²) >= 11 is 1.64. The van der Waals surface area contributed by atoms with Crippen LogP contribution >= 0.6 is 11.8 Å². The standard InChI is InChI=1S/C18H23N3O4S/c1-25-15-5-3-13(4-6-15)16-7-8-18(24)21(20-16)11-17(23)19-14(12-22)9-10-26-2/h3-8,14,22H,9-12H2,1-2H3,(H,19,23)/t14-/m1/s1. The first kappa shape index (κ1) is 20.0. The summed E-state index contributed by atoms with van der Waals surface area (Å²) in [7, 11) is 1.59. The Morgan fingerprint density at radius 2 is 2.04 bits per heavy atom. The van der Waals surface area contributed by atoms with E-state index in [1.54, 1.807) is 37.1 Å². The topological polar surface area (TPSA) is 93.5 Å². The van der Waals surface area contributed by atoms with E-state index in [0.29, 0.717) is 12.1 Å². The molecule has 1 heterocycles. The van der Waals surface area contributed by atoms with E-state index in [0.717, 1.165) is 21.7 Å². The molecule has 2 aromatic rings. The van der Waals surface area contributed by atoms with Gasteiger partial charge >= 0.3 is 0 Å². The number of aliphatic hydroxyl groups is 1. The van der Waals surface area contributed by atoms with Crippen LogP contribution in [0.25, 0.3) is 11.3 Å². The van der Waals surface area contributed by atoms with E-state index in [1.807, 2.05) is 18.4 Å². The van der Waals surface area contributed by atoms with E-state index in [9.17, 15) is 14.7 Å². The third-order valence-corrected chi connectivity index (χ3v) is 4.45. The van der Waals surface area contributed by atoms with Gasteiger partial charge in [-0.15, -0.1) is 0 Å². The summed E-state index contributed by atoms with van der Waals surface area (Å²) in [6.07, 6.45) is 2.63. The zero-order valence-electron chi connectivity index (χ0n) is 14.8. The van der Waals surface area contributed by atoms with Crippen LogP contribution in [0.2, 0.25) is 0 Å². The number of aliphatic hydroxyl groups excluding tert-OH is 1. The molecule has 0 saturated heterocycles. The Bertz CT molecular complexity index is 777. The molecule has 1 aromatic carbocycles. The third kappa shape index (κ3) is 5.60. The fraction of sp³-hybridized carbons (Fsp3) is 0.389. The Kier molecular flexibility index (Phi) is 7.68. The highest BCUT2D eigenvalue weighted by Gasteiger charge is 2.13. The van der Waals surface area contributed by atoms with Gasteiger partial charge in [0.1, 0.15) is 12.3 Å². The average Bonchev–Trinajstić information content (AvgIpc) is 2.67. The number of nitrogens with one attached hydrogen (secondary N) is 1. The van der Waals surface area contributed by atoms with Crippen molar-refractivity contribution in [2.45, 2.75) is 19.0 Å². The number of hydrogen-bond donors (Lipinski definition) is 2. The summed E-state index contributed by atoms with van der Waals surface area (Å²) in [5, 5.41) is 16.3. The molecule has 2 rings (SSSR count). The molecule has 140 valence electrons. The van der Waals surface area contributed by atoms with E-state index in [4.69, 9.17) is 4.74 Å². The zero-order chi connectivity index (χ0) is 18.9. The van der Waals surface area contributed by atoms with Gasteiger partial charge in [0.25, 0.3) is 5.56 Å². The fourth-order valence-electron chi connectivity index (χ4n) is 2.36. The second kappa shape index (κ2) is 9.98. The van der Waals surface area contributed by atoms with Gasteiger partial charge in [0, 0.05) is 11.6 Å². The molecule has 0 saturated carbocycles. The van der Waals surface area contributed by atoms with Crippen molar-refractivity contribution in [2.24, 2.45) is 0 Å². The van der Waals surface area contributed by atoms with Crippen molar-refractivity contribution in [3.05, 3.63) is 46.8 Å². The van der Waals surface area contributed by atoms with Crippen molar-refractivity contribution in [1.82, 2.24) is 15.1 Å². The van der Waals surface area contributed by atoms with Crippen molar-refractivity contribution < 1.29 is 14.6 Å². The number of thioether (sulfide) groups is 1. The molecule has 0 spiro atoms. The molecule has 0 aliphatic heterocycles. The van der Waals surface area contributed by atoms with Crippen LogP contribution in [0, 0.1) is 0 Å². The lowest BCUT2D eigenvalue weighted by Gasteiger charge is -2.16. The Morgan fingerprint density at radius 1 is 1.31 bits per heavy atom. The van der Waals surface area contributed by atoms with Crippen molar-refractivity contribution in [3.8, 4) is 17.0 Å². The predicted molar refractivity (Wildman–Crippen MR) is 103 cm³/mol. The molecule has 0 fully saturated rings. The number of aromatic nitrogens is 2. The van der Waals surface area contributed by atoms with Gasteiger partial charge in [-0.3, -0.25) is 9.59 Å². The molecule has 1 amide bonds. The molecule has 0 radical (unpaired) electrons. The number of hydrogen-bond acceptors (Lipinski definition) is 6. The summed E-state index contributed by atoms with van der Waals surface area (Å²) in [4.78, 5) is 24.2. The molecule has 0 unspecified atom stereocenters.